The summed E-state index contributed by atoms with van der Waals surface area (Å²) in [6.07, 6.45) is 0. The molecule has 0 aliphatic heterocycles. The molecule has 1 heterocycles. The summed E-state index contributed by atoms with van der Waals surface area (Å²) in [6.45, 7) is -0.0537. The van der Waals surface area contributed by atoms with Gasteiger partial charge in [-0.15, -0.1) is 22.9 Å². The number of amides is 2. The van der Waals surface area contributed by atoms with E-state index in [1.54, 1.807) is 24.3 Å². The predicted octanol–water partition coefficient (Wildman–Crippen LogP) is 4.25. The molecule has 7 heteroatoms. The van der Waals surface area contributed by atoms with Gasteiger partial charge in [0, 0.05) is 11.6 Å². The normalized spacial score (nSPS) is 10.2. The standard InChI is InChI=1S/C14H12BrClN2O2S/c15-13-6-5-12(21-13)11(19)8-17-14(20)18-10-4-2-1-3-9(10)7-16/h1-6H,7-8H2,(H2,17,18,20). The van der Waals surface area contributed by atoms with Crippen LogP contribution in [0.3, 0.4) is 0 Å². The van der Waals surface area contributed by atoms with Crippen molar-refractivity contribution in [3.05, 3.63) is 50.6 Å². The van der Waals surface area contributed by atoms with Crippen LogP contribution in [0.5, 0.6) is 0 Å². The fourth-order valence-electron chi connectivity index (χ4n) is 1.64. The van der Waals surface area contributed by atoms with E-state index >= 15 is 0 Å². The van der Waals surface area contributed by atoms with E-state index in [1.807, 2.05) is 12.1 Å². The van der Waals surface area contributed by atoms with E-state index < -0.39 is 6.03 Å². The van der Waals surface area contributed by atoms with Crippen molar-refractivity contribution in [2.45, 2.75) is 5.88 Å². The Morgan fingerprint density at radius 2 is 1.95 bits per heavy atom. The third kappa shape index (κ3) is 4.56. The second-order valence-electron chi connectivity index (χ2n) is 4.13. The van der Waals surface area contributed by atoms with E-state index in [2.05, 4.69) is 26.6 Å². The first kappa shape index (κ1) is 16.0. The molecule has 4 nitrogen and oxygen atoms in total. The molecule has 0 fully saturated rings. The summed E-state index contributed by atoms with van der Waals surface area (Å²) in [6, 6.07) is 10.3. The number of rotatable bonds is 5. The highest BCUT2D eigenvalue weighted by Gasteiger charge is 2.11. The fourth-order valence-corrected chi connectivity index (χ4v) is 3.19. The number of nitrogens with one attached hydrogen (secondary N) is 2. The molecule has 0 atom stereocenters. The average Bonchev–Trinajstić information content (AvgIpc) is 2.92. The van der Waals surface area contributed by atoms with Crippen LogP contribution in [0.15, 0.2) is 40.2 Å². The van der Waals surface area contributed by atoms with Gasteiger partial charge in [-0.25, -0.2) is 4.79 Å². The van der Waals surface area contributed by atoms with Crippen molar-refractivity contribution >= 4 is 56.4 Å². The molecule has 2 N–H and O–H groups in total. The molecule has 2 amide bonds. The molecule has 2 rings (SSSR count). The lowest BCUT2D eigenvalue weighted by Crippen LogP contribution is -2.33. The molecule has 0 radical (unpaired) electrons. The van der Waals surface area contributed by atoms with Gasteiger partial charge in [0.05, 0.1) is 15.2 Å². The van der Waals surface area contributed by atoms with Crippen molar-refractivity contribution < 1.29 is 9.59 Å². The van der Waals surface area contributed by atoms with Gasteiger partial charge in [0.1, 0.15) is 0 Å². The SMILES string of the molecule is O=C(NCC(=O)c1ccc(Br)s1)Nc1ccccc1CCl. The van der Waals surface area contributed by atoms with Crippen molar-refractivity contribution in [3.63, 3.8) is 0 Å². The summed E-state index contributed by atoms with van der Waals surface area (Å²) >= 11 is 10.4. The molecule has 110 valence electrons. The number of para-hydroxylation sites is 1. The van der Waals surface area contributed by atoms with E-state index in [1.165, 1.54) is 11.3 Å². The van der Waals surface area contributed by atoms with Gasteiger partial charge < -0.3 is 10.6 Å². The molecule has 1 aromatic heterocycles. The second kappa shape index (κ2) is 7.59. The number of hydrogen-bond acceptors (Lipinski definition) is 3. The largest absolute Gasteiger partial charge is 0.330 e. The summed E-state index contributed by atoms with van der Waals surface area (Å²) in [5.41, 5.74) is 1.46. The maximum absolute atomic E-state index is 11.9. The summed E-state index contributed by atoms with van der Waals surface area (Å²) in [5, 5.41) is 5.22. The average molecular weight is 388 g/mol. The van der Waals surface area contributed by atoms with Crippen LogP contribution in [0, 0.1) is 0 Å². The van der Waals surface area contributed by atoms with Crippen LogP contribution in [0.2, 0.25) is 0 Å². The number of alkyl halides is 1. The zero-order chi connectivity index (χ0) is 15.2. The van der Waals surface area contributed by atoms with Gasteiger partial charge in [-0.3, -0.25) is 4.79 Å². The second-order valence-corrected chi connectivity index (χ2v) is 6.86. The maximum atomic E-state index is 11.9. The van der Waals surface area contributed by atoms with E-state index in [9.17, 15) is 9.59 Å². The van der Waals surface area contributed by atoms with Gasteiger partial charge >= 0.3 is 6.03 Å². The van der Waals surface area contributed by atoms with Crippen molar-refractivity contribution in [2.24, 2.45) is 0 Å². The molecule has 0 aliphatic rings. The first-order valence-corrected chi connectivity index (χ1v) is 8.22. The van der Waals surface area contributed by atoms with Gasteiger partial charge in [0.15, 0.2) is 5.78 Å². The monoisotopic (exact) mass is 386 g/mol. The number of thiophene rings is 1. The van der Waals surface area contributed by atoms with E-state index in [4.69, 9.17) is 11.6 Å². The minimum Gasteiger partial charge on any atom is -0.330 e. The molecule has 0 saturated carbocycles. The lowest BCUT2D eigenvalue weighted by Gasteiger charge is -2.09. The Balaban J connectivity index is 1.89. The number of Topliss-reactive ketones (excluding diaryl/α,β-unsaturated/α-hetero) is 1. The van der Waals surface area contributed by atoms with Crippen LogP contribution in [0.25, 0.3) is 0 Å². The van der Waals surface area contributed by atoms with Crippen molar-refractivity contribution in [3.8, 4) is 0 Å². The van der Waals surface area contributed by atoms with Gasteiger partial charge in [-0.2, -0.15) is 0 Å². The maximum Gasteiger partial charge on any atom is 0.319 e. The minimum atomic E-state index is -0.434. The Morgan fingerprint density at radius 3 is 2.62 bits per heavy atom. The number of hydrogen-bond donors (Lipinski definition) is 2. The lowest BCUT2D eigenvalue weighted by molar-refractivity contribution is 0.0997. The number of carbonyl (C=O) groups excluding carboxylic acids is 2. The van der Waals surface area contributed by atoms with Gasteiger partial charge in [0.25, 0.3) is 0 Å². The molecule has 0 bridgehead atoms. The van der Waals surface area contributed by atoms with Crippen LogP contribution in [0.4, 0.5) is 10.5 Å². The number of benzene rings is 1. The number of urea groups is 1. The fraction of sp³-hybridized carbons (Fsp3) is 0.143. The van der Waals surface area contributed by atoms with Crippen molar-refractivity contribution in [1.82, 2.24) is 5.32 Å². The Morgan fingerprint density at radius 1 is 1.19 bits per heavy atom. The van der Waals surface area contributed by atoms with Crippen LogP contribution >= 0.6 is 38.9 Å². The van der Waals surface area contributed by atoms with E-state index in [0.717, 1.165) is 9.35 Å². The molecule has 21 heavy (non-hydrogen) atoms. The Bertz CT molecular complexity index is 660. The first-order chi connectivity index (χ1) is 10.1. The molecule has 1 aromatic carbocycles. The highest BCUT2D eigenvalue weighted by molar-refractivity contribution is 9.11. The van der Waals surface area contributed by atoms with Crippen LogP contribution in [-0.2, 0) is 5.88 Å². The number of halogens is 2. The molecule has 0 spiro atoms. The minimum absolute atomic E-state index is 0.0537. The molecular weight excluding hydrogens is 376 g/mol. The molecule has 2 aromatic rings. The first-order valence-electron chi connectivity index (χ1n) is 6.07. The van der Waals surface area contributed by atoms with Gasteiger partial charge in [-0.05, 0) is 39.7 Å². The summed E-state index contributed by atoms with van der Waals surface area (Å²) < 4.78 is 0.881. The molecular formula is C14H12BrClN2O2S. The van der Waals surface area contributed by atoms with E-state index in [-0.39, 0.29) is 12.3 Å². The smallest absolute Gasteiger partial charge is 0.319 e. The van der Waals surface area contributed by atoms with E-state index in [0.29, 0.717) is 16.4 Å². The zero-order valence-corrected chi connectivity index (χ0v) is 14.0. The van der Waals surface area contributed by atoms with Gasteiger partial charge in [-0.1, -0.05) is 18.2 Å². The van der Waals surface area contributed by atoms with Crippen molar-refractivity contribution in [2.75, 3.05) is 11.9 Å². The Labute approximate surface area is 139 Å². The topological polar surface area (TPSA) is 58.2 Å². The highest BCUT2D eigenvalue weighted by atomic mass is 79.9. The number of ketones is 1. The Hall–Kier alpha value is -1.37. The molecule has 0 unspecified atom stereocenters. The third-order valence-electron chi connectivity index (χ3n) is 2.67. The Kier molecular flexibility index (Phi) is 5.78. The van der Waals surface area contributed by atoms with Crippen molar-refractivity contribution in [1.29, 1.82) is 0 Å². The predicted molar refractivity (Wildman–Crippen MR) is 89.4 cm³/mol. The molecule has 0 aliphatic carbocycles. The summed E-state index contributed by atoms with van der Waals surface area (Å²) in [7, 11) is 0. The van der Waals surface area contributed by atoms with Crippen LogP contribution in [0.1, 0.15) is 15.2 Å². The third-order valence-corrected chi connectivity index (χ3v) is 4.62. The summed E-state index contributed by atoms with van der Waals surface area (Å²) in [5.74, 6) is 0.171. The number of anilines is 1. The van der Waals surface area contributed by atoms with Crippen LogP contribution in [-0.4, -0.2) is 18.4 Å². The van der Waals surface area contributed by atoms with Gasteiger partial charge in [0.2, 0.25) is 0 Å². The van der Waals surface area contributed by atoms with Crippen LogP contribution < -0.4 is 10.6 Å². The summed E-state index contributed by atoms with van der Waals surface area (Å²) in [4.78, 5) is 24.3. The number of carbonyl (C=O) groups is 2. The highest BCUT2D eigenvalue weighted by Crippen LogP contribution is 2.22. The molecule has 0 saturated heterocycles. The lowest BCUT2D eigenvalue weighted by atomic mass is 10.2. The quantitative estimate of drug-likeness (QED) is 0.595. The zero-order valence-electron chi connectivity index (χ0n) is 10.9.